The zero-order valence-electron chi connectivity index (χ0n) is 9.42. The van der Waals surface area contributed by atoms with Crippen LogP contribution in [-0.2, 0) is 6.18 Å². The number of benzene rings is 1. The van der Waals surface area contributed by atoms with Crippen LogP contribution in [0, 0.1) is 13.8 Å². The lowest BCUT2D eigenvalue weighted by Crippen LogP contribution is -2.08. The lowest BCUT2D eigenvalue weighted by molar-refractivity contribution is -0.138. The molecule has 1 aromatic heterocycles. The van der Waals surface area contributed by atoms with Gasteiger partial charge < -0.3 is 0 Å². The third kappa shape index (κ3) is 2.33. The maximum absolute atomic E-state index is 12.7. The average molecular weight is 240 g/mol. The molecule has 90 valence electrons. The van der Waals surface area contributed by atoms with Crippen LogP contribution in [0.4, 0.5) is 13.2 Å². The molecular weight excluding hydrogens is 229 g/mol. The summed E-state index contributed by atoms with van der Waals surface area (Å²) in [5.74, 6) is 0. The smallest absolute Gasteiger partial charge is 0.241 e. The molecule has 1 heterocycles. The zero-order chi connectivity index (χ0) is 12.6. The molecule has 0 N–H and O–H groups in total. The normalized spacial score (nSPS) is 11.8. The average Bonchev–Trinajstić information content (AvgIpc) is 2.64. The van der Waals surface area contributed by atoms with Crippen LogP contribution in [0.2, 0.25) is 0 Å². The lowest BCUT2D eigenvalue weighted by atomic mass is 10.1. The highest BCUT2D eigenvalue weighted by Crippen LogP contribution is 2.32. The fraction of sp³-hybridized carbons (Fsp3) is 0.250. The molecule has 0 fully saturated rings. The second-order valence-corrected chi connectivity index (χ2v) is 3.96. The van der Waals surface area contributed by atoms with Gasteiger partial charge in [0.15, 0.2) is 0 Å². The standard InChI is InChI=1S/C12H11F3N2/c1-8-6-16-17(7-8)10-4-3-9(2)11(5-10)12(13,14)15/h3-7H,1-2H3. The Kier molecular flexibility index (Phi) is 2.69. The van der Waals surface area contributed by atoms with E-state index in [0.717, 1.165) is 11.6 Å². The van der Waals surface area contributed by atoms with Crippen molar-refractivity contribution in [1.82, 2.24) is 9.78 Å². The molecule has 0 radical (unpaired) electrons. The van der Waals surface area contributed by atoms with Crippen molar-refractivity contribution < 1.29 is 13.2 Å². The van der Waals surface area contributed by atoms with Gasteiger partial charge in [-0.1, -0.05) is 6.07 Å². The fourth-order valence-corrected chi connectivity index (χ4v) is 1.61. The summed E-state index contributed by atoms with van der Waals surface area (Å²) in [5.41, 5.74) is 0.906. The van der Waals surface area contributed by atoms with E-state index in [4.69, 9.17) is 0 Å². The van der Waals surface area contributed by atoms with Crippen molar-refractivity contribution in [3.05, 3.63) is 47.3 Å². The molecule has 2 rings (SSSR count). The predicted octanol–water partition coefficient (Wildman–Crippen LogP) is 3.51. The summed E-state index contributed by atoms with van der Waals surface area (Å²) in [6, 6.07) is 4.19. The van der Waals surface area contributed by atoms with Crippen LogP contribution < -0.4 is 0 Å². The topological polar surface area (TPSA) is 17.8 Å². The van der Waals surface area contributed by atoms with Crippen molar-refractivity contribution in [2.75, 3.05) is 0 Å². The van der Waals surface area contributed by atoms with E-state index < -0.39 is 11.7 Å². The van der Waals surface area contributed by atoms with Gasteiger partial charge in [-0.15, -0.1) is 0 Å². The summed E-state index contributed by atoms with van der Waals surface area (Å²) in [4.78, 5) is 0. The van der Waals surface area contributed by atoms with Crippen LogP contribution in [-0.4, -0.2) is 9.78 Å². The van der Waals surface area contributed by atoms with Crippen LogP contribution in [0.25, 0.3) is 5.69 Å². The SMILES string of the molecule is Cc1cnn(-c2ccc(C)c(C(F)(F)F)c2)c1. The molecule has 0 aliphatic rings. The van der Waals surface area contributed by atoms with Crippen molar-refractivity contribution in [3.8, 4) is 5.69 Å². The first kappa shape index (κ1) is 11.7. The first-order chi connectivity index (χ1) is 7.88. The summed E-state index contributed by atoms with van der Waals surface area (Å²) in [6.45, 7) is 3.28. The summed E-state index contributed by atoms with van der Waals surface area (Å²) in [6.07, 6.45) is -1.04. The van der Waals surface area contributed by atoms with Gasteiger partial charge >= 0.3 is 6.18 Å². The van der Waals surface area contributed by atoms with E-state index in [0.29, 0.717) is 5.69 Å². The first-order valence-corrected chi connectivity index (χ1v) is 5.07. The number of aromatic nitrogens is 2. The number of hydrogen-bond donors (Lipinski definition) is 0. The first-order valence-electron chi connectivity index (χ1n) is 5.07. The molecule has 1 aromatic carbocycles. The van der Waals surface area contributed by atoms with Crippen LogP contribution in [0.15, 0.2) is 30.6 Å². The monoisotopic (exact) mass is 240 g/mol. The van der Waals surface area contributed by atoms with E-state index >= 15 is 0 Å². The number of rotatable bonds is 1. The van der Waals surface area contributed by atoms with Gasteiger partial charge in [-0.3, -0.25) is 0 Å². The van der Waals surface area contributed by atoms with Crippen molar-refractivity contribution >= 4 is 0 Å². The second-order valence-electron chi connectivity index (χ2n) is 3.96. The van der Waals surface area contributed by atoms with Gasteiger partial charge in [0.2, 0.25) is 0 Å². The molecule has 0 spiro atoms. The van der Waals surface area contributed by atoms with Crippen LogP contribution in [0.1, 0.15) is 16.7 Å². The second kappa shape index (κ2) is 3.91. The Balaban J connectivity index is 2.51. The molecule has 0 saturated heterocycles. The molecule has 17 heavy (non-hydrogen) atoms. The molecule has 0 atom stereocenters. The molecule has 2 aromatic rings. The van der Waals surface area contributed by atoms with E-state index in [1.807, 2.05) is 6.92 Å². The van der Waals surface area contributed by atoms with Gasteiger partial charge in [-0.2, -0.15) is 18.3 Å². The van der Waals surface area contributed by atoms with Crippen molar-refractivity contribution in [3.63, 3.8) is 0 Å². The lowest BCUT2D eigenvalue weighted by Gasteiger charge is -2.11. The minimum Gasteiger partial charge on any atom is -0.241 e. The summed E-state index contributed by atoms with van der Waals surface area (Å²) in [5, 5.41) is 3.99. The Labute approximate surface area is 96.7 Å². The highest BCUT2D eigenvalue weighted by molar-refractivity contribution is 5.41. The molecule has 0 amide bonds. The molecule has 2 nitrogen and oxygen atoms in total. The van der Waals surface area contributed by atoms with Crippen molar-refractivity contribution in [1.29, 1.82) is 0 Å². The number of nitrogens with zero attached hydrogens (tertiary/aromatic N) is 2. The number of hydrogen-bond acceptors (Lipinski definition) is 1. The van der Waals surface area contributed by atoms with E-state index in [-0.39, 0.29) is 5.56 Å². The molecule has 5 heteroatoms. The highest BCUT2D eigenvalue weighted by Gasteiger charge is 2.32. The number of alkyl halides is 3. The fourth-order valence-electron chi connectivity index (χ4n) is 1.61. The largest absolute Gasteiger partial charge is 0.416 e. The van der Waals surface area contributed by atoms with Crippen molar-refractivity contribution in [2.24, 2.45) is 0 Å². The van der Waals surface area contributed by atoms with Gasteiger partial charge in [0, 0.05) is 6.20 Å². The minimum absolute atomic E-state index is 0.213. The summed E-state index contributed by atoms with van der Waals surface area (Å²) >= 11 is 0. The summed E-state index contributed by atoms with van der Waals surface area (Å²) in [7, 11) is 0. The Morgan fingerprint density at radius 3 is 2.41 bits per heavy atom. The van der Waals surface area contributed by atoms with Gasteiger partial charge in [-0.25, -0.2) is 4.68 Å². The number of halogens is 3. The quantitative estimate of drug-likeness (QED) is 0.745. The van der Waals surface area contributed by atoms with Gasteiger partial charge in [-0.05, 0) is 37.1 Å². The summed E-state index contributed by atoms with van der Waals surface area (Å²) < 4.78 is 39.6. The van der Waals surface area contributed by atoms with Gasteiger partial charge in [0.25, 0.3) is 0 Å². The minimum atomic E-state index is -4.33. The number of aryl methyl sites for hydroxylation is 2. The van der Waals surface area contributed by atoms with Crippen molar-refractivity contribution in [2.45, 2.75) is 20.0 Å². The third-order valence-electron chi connectivity index (χ3n) is 2.50. The zero-order valence-corrected chi connectivity index (χ0v) is 9.42. The Bertz CT molecular complexity index is 541. The highest BCUT2D eigenvalue weighted by atomic mass is 19.4. The molecule has 0 aliphatic carbocycles. The van der Waals surface area contributed by atoms with E-state index in [1.165, 1.54) is 17.7 Å². The predicted molar refractivity (Wildman–Crippen MR) is 58.0 cm³/mol. The Hall–Kier alpha value is -1.78. The van der Waals surface area contributed by atoms with Crippen LogP contribution >= 0.6 is 0 Å². The Morgan fingerprint density at radius 1 is 1.18 bits per heavy atom. The van der Waals surface area contributed by atoms with Gasteiger partial charge in [0.05, 0.1) is 17.4 Å². The van der Waals surface area contributed by atoms with E-state index in [2.05, 4.69) is 5.10 Å². The van der Waals surface area contributed by atoms with Gasteiger partial charge in [0.1, 0.15) is 0 Å². The molecule has 0 saturated carbocycles. The molecular formula is C12H11F3N2. The molecule has 0 aliphatic heterocycles. The Morgan fingerprint density at radius 2 is 1.88 bits per heavy atom. The van der Waals surface area contributed by atoms with E-state index in [1.54, 1.807) is 18.5 Å². The molecule has 0 bridgehead atoms. The van der Waals surface area contributed by atoms with Crippen LogP contribution in [0.3, 0.4) is 0 Å². The van der Waals surface area contributed by atoms with Crippen LogP contribution in [0.5, 0.6) is 0 Å². The third-order valence-corrected chi connectivity index (χ3v) is 2.50. The van der Waals surface area contributed by atoms with E-state index in [9.17, 15) is 13.2 Å². The maximum Gasteiger partial charge on any atom is 0.416 e. The maximum atomic E-state index is 12.7. The molecule has 0 unspecified atom stereocenters.